The van der Waals surface area contributed by atoms with Gasteiger partial charge in [-0.1, -0.05) is 25.3 Å². The summed E-state index contributed by atoms with van der Waals surface area (Å²) < 4.78 is 0. The Balaban J connectivity index is 2.15. The summed E-state index contributed by atoms with van der Waals surface area (Å²) in [4.78, 5) is 14.2. The number of thioether (sulfide) groups is 1. The van der Waals surface area contributed by atoms with Gasteiger partial charge in [-0.3, -0.25) is 4.79 Å². The Morgan fingerprint density at radius 2 is 2.24 bits per heavy atom. The lowest BCUT2D eigenvalue weighted by molar-refractivity contribution is -0.128. The number of rotatable bonds is 7. The molecule has 1 aromatic rings. The highest BCUT2D eigenvalue weighted by Crippen LogP contribution is 2.41. The van der Waals surface area contributed by atoms with Gasteiger partial charge in [-0.05, 0) is 37.0 Å². The SMILES string of the molecule is CSCC(CCO)NC(=O)C1(c2cccs2)CCCCC1. The maximum Gasteiger partial charge on any atom is 0.231 e. The minimum absolute atomic E-state index is 0.0660. The molecule has 0 spiro atoms. The minimum Gasteiger partial charge on any atom is -0.396 e. The highest BCUT2D eigenvalue weighted by molar-refractivity contribution is 7.98. The summed E-state index contributed by atoms with van der Waals surface area (Å²) in [6.45, 7) is 0.123. The molecule has 3 nitrogen and oxygen atoms in total. The molecule has 1 fully saturated rings. The lowest BCUT2D eigenvalue weighted by Crippen LogP contribution is -2.49. The van der Waals surface area contributed by atoms with E-state index < -0.39 is 0 Å². The highest BCUT2D eigenvalue weighted by atomic mass is 32.2. The van der Waals surface area contributed by atoms with E-state index in [1.165, 1.54) is 11.3 Å². The van der Waals surface area contributed by atoms with Gasteiger partial charge in [-0.2, -0.15) is 11.8 Å². The first-order valence-corrected chi connectivity index (χ1v) is 9.95. The summed E-state index contributed by atoms with van der Waals surface area (Å²) in [5.41, 5.74) is -0.335. The van der Waals surface area contributed by atoms with E-state index >= 15 is 0 Å². The standard InChI is InChI=1S/C16H25NO2S2/c1-20-12-13(7-10-18)17-15(19)16(8-3-2-4-9-16)14-6-5-11-21-14/h5-6,11,13,18H,2-4,7-10,12H2,1H3,(H,17,19). The molecule has 1 saturated carbocycles. The second-order valence-electron chi connectivity index (χ2n) is 5.76. The largest absolute Gasteiger partial charge is 0.396 e. The van der Waals surface area contributed by atoms with E-state index in [4.69, 9.17) is 0 Å². The van der Waals surface area contributed by atoms with Crippen LogP contribution in [0.3, 0.4) is 0 Å². The highest BCUT2D eigenvalue weighted by Gasteiger charge is 2.42. The predicted octanol–water partition coefficient (Wildman–Crippen LogP) is 3.18. The van der Waals surface area contributed by atoms with E-state index in [-0.39, 0.29) is 24.0 Å². The molecule has 1 aliphatic rings. The Morgan fingerprint density at radius 1 is 1.48 bits per heavy atom. The van der Waals surface area contributed by atoms with Gasteiger partial charge in [-0.15, -0.1) is 11.3 Å². The zero-order valence-corrected chi connectivity index (χ0v) is 14.3. The Morgan fingerprint density at radius 3 is 2.81 bits per heavy atom. The number of aliphatic hydroxyl groups is 1. The van der Waals surface area contributed by atoms with E-state index in [0.717, 1.165) is 31.4 Å². The Kier molecular flexibility index (Phi) is 6.58. The van der Waals surface area contributed by atoms with Crippen molar-refractivity contribution in [3.63, 3.8) is 0 Å². The van der Waals surface area contributed by atoms with Crippen molar-refractivity contribution in [3.05, 3.63) is 22.4 Å². The smallest absolute Gasteiger partial charge is 0.231 e. The lowest BCUT2D eigenvalue weighted by atomic mass is 9.72. The van der Waals surface area contributed by atoms with E-state index in [9.17, 15) is 9.90 Å². The van der Waals surface area contributed by atoms with Crippen LogP contribution in [0.2, 0.25) is 0 Å². The number of amides is 1. The van der Waals surface area contributed by atoms with Gasteiger partial charge in [0, 0.05) is 23.3 Å². The normalized spacial score (nSPS) is 19.1. The molecule has 0 saturated heterocycles. The Hall–Kier alpha value is -0.520. The van der Waals surface area contributed by atoms with Gasteiger partial charge in [-0.25, -0.2) is 0 Å². The summed E-state index contributed by atoms with van der Waals surface area (Å²) in [6, 6.07) is 4.21. The number of thiophene rings is 1. The molecule has 21 heavy (non-hydrogen) atoms. The second-order valence-corrected chi connectivity index (χ2v) is 7.62. The van der Waals surface area contributed by atoms with Crippen LogP contribution >= 0.6 is 23.1 Å². The molecule has 1 aromatic heterocycles. The fourth-order valence-corrected chi connectivity index (χ4v) is 4.80. The first-order valence-electron chi connectivity index (χ1n) is 7.67. The molecule has 0 aliphatic heterocycles. The molecule has 1 heterocycles. The number of carbonyl (C=O) groups is 1. The van der Waals surface area contributed by atoms with Gasteiger partial charge in [0.2, 0.25) is 5.91 Å². The number of hydrogen-bond acceptors (Lipinski definition) is 4. The summed E-state index contributed by atoms with van der Waals surface area (Å²) in [7, 11) is 0. The van der Waals surface area contributed by atoms with E-state index in [1.54, 1.807) is 23.1 Å². The van der Waals surface area contributed by atoms with Crippen molar-refractivity contribution < 1.29 is 9.90 Å². The summed E-state index contributed by atoms with van der Waals surface area (Å²) >= 11 is 3.41. The molecule has 1 aliphatic carbocycles. The zero-order valence-electron chi connectivity index (χ0n) is 12.6. The van der Waals surface area contributed by atoms with E-state index in [2.05, 4.69) is 16.8 Å². The van der Waals surface area contributed by atoms with Gasteiger partial charge >= 0.3 is 0 Å². The minimum atomic E-state index is -0.335. The van der Waals surface area contributed by atoms with Gasteiger partial charge < -0.3 is 10.4 Å². The lowest BCUT2D eigenvalue weighted by Gasteiger charge is -2.36. The summed E-state index contributed by atoms with van der Waals surface area (Å²) in [5.74, 6) is 1.02. The van der Waals surface area contributed by atoms with Crippen molar-refractivity contribution >= 4 is 29.0 Å². The second kappa shape index (κ2) is 8.20. The van der Waals surface area contributed by atoms with Crippen LogP contribution in [0.1, 0.15) is 43.4 Å². The number of aliphatic hydroxyl groups excluding tert-OH is 1. The first-order chi connectivity index (χ1) is 10.2. The van der Waals surface area contributed by atoms with E-state index in [1.807, 2.05) is 12.3 Å². The van der Waals surface area contributed by atoms with Gasteiger partial charge in [0.25, 0.3) is 0 Å². The third-order valence-electron chi connectivity index (χ3n) is 4.32. The van der Waals surface area contributed by atoms with Crippen molar-refractivity contribution in [2.24, 2.45) is 0 Å². The van der Waals surface area contributed by atoms with Crippen LogP contribution in [0.4, 0.5) is 0 Å². The van der Waals surface area contributed by atoms with Gasteiger partial charge in [0.1, 0.15) is 0 Å². The molecular weight excluding hydrogens is 302 g/mol. The molecular formula is C16H25NO2S2. The average molecular weight is 328 g/mol. The number of hydrogen-bond donors (Lipinski definition) is 2. The van der Waals surface area contributed by atoms with Crippen LogP contribution in [-0.4, -0.2) is 35.7 Å². The van der Waals surface area contributed by atoms with Crippen LogP contribution in [0, 0.1) is 0 Å². The summed E-state index contributed by atoms with van der Waals surface area (Å²) in [6.07, 6.45) is 8.04. The van der Waals surface area contributed by atoms with Crippen molar-refractivity contribution in [2.75, 3.05) is 18.6 Å². The van der Waals surface area contributed by atoms with Crippen LogP contribution in [0.15, 0.2) is 17.5 Å². The molecule has 2 rings (SSSR count). The fraction of sp³-hybridized carbons (Fsp3) is 0.688. The molecule has 0 bridgehead atoms. The number of carbonyl (C=O) groups excluding carboxylic acids is 1. The summed E-state index contributed by atoms with van der Waals surface area (Å²) in [5, 5.41) is 14.4. The molecule has 1 unspecified atom stereocenters. The number of nitrogens with one attached hydrogen (secondary N) is 1. The monoisotopic (exact) mass is 327 g/mol. The Bertz CT molecular complexity index is 421. The van der Waals surface area contributed by atoms with Crippen LogP contribution in [-0.2, 0) is 10.2 Å². The zero-order chi connectivity index (χ0) is 15.1. The van der Waals surface area contributed by atoms with Crippen LogP contribution < -0.4 is 5.32 Å². The topological polar surface area (TPSA) is 49.3 Å². The first kappa shape index (κ1) is 16.8. The maximum absolute atomic E-state index is 13.0. The average Bonchev–Trinajstić information content (AvgIpc) is 3.03. The van der Waals surface area contributed by atoms with Crippen molar-refractivity contribution in [1.82, 2.24) is 5.32 Å². The molecule has 2 N–H and O–H groups in total. The molecule has 1 amide bonds. The maximum atomic E-state index is 13.0. The molecule has 0 aromatic carbocycles. The molecule has 1 atom stereocenters. The van der Waals surface area contributed by atoms with Gasteiger partial charge in [0.05, 0.1) is 5.41 Å². The quantitative estimate of drug-likeness (QED) is 0.809. The van der Waals surface area contributed by atoms with Gasteiger partial charge in [0.15, 0.2) is 0 Å². The third kappa shape index (κ3) is 4.02. The van der Waals surface area contributed by atoms with Crippen molar-refractivity contribution in [1.29, 1.82) is 0 Å². The van der Waals surface area contributed by atoms with Crippen LogP contribution in [0.5, 0.6) is 0 Å². The van der Waals surface area contributed by atoms with Crippen LogP contribution in [0.25, 0.3) is 0 Å². The van der Waals surface area contributed by atoms with Crippen molar-refractivity contribution in [2.45, 2.75) is 50.0 Å². The third-order valence-corrected chi connectivity index (χ3v) is 6.12. The van der Waals surface area contributed by atoms with Crippen molar-refractivity contribution in [3.8, 4) is 0 Å². The van der Waals surface area contributed by atoms with E-state index in [0.29, 0.717) is 6.42 Å². The molecule has 118 valence electrons. The fourth-order valence-electron chi connectivity index (χ4n) is 3.17. The Labute approximate surface area is 135 Å². The molecule has 0 radical (unpaired) electrons. The molecule has 5 heteroatoms. The predicted molar refractivity (Wildman–Crippen MR) is 91.1 cm³/mol.